The van der Waals surface area contributed by atoms with E-state index in [0.717, 1.165) is 0 Å². The molecule has 0 spiro atoms. The minimum absolute atomic E-state index is 0.00932. The number of carboxylic acids is 1. The van der Waals surface area contributed by atoms with Gasteiger partial charge in [-0.3, -0.25) is 53.6 Å². The molecule has 0 unspecified atom stereocenters. The molecular weight excluding hydrogens is 620 g/mol. The Morgan fingerprint density at radius 2 is 1.20 bits per heavy atom. The van der Waals surface area contributed by atoms with E-state index in [1.807, 2.05) is 5.32 Å². The van der Waals surface area contributed by atoms with Gasteiger partial charge in [0.1, 0.15) is 18.1 Å². The second-order valence-corrected chi connectivity index (χ2v) is 9.22. The van der Waals surface area contributed by atoms with Crippen molar-refractivity contribution < 1.29 is 53.4 Å². The van der Waals surface area contributed by atoms with Crippen molar-refractivity contribution in [3.8, 4) is 0 Å². The average Bonchev–Trinajstić information content (AvgIpc) is 2.99. The number of aliphatic hydroxyl groups excluding tert-OH is 1. The Morgan fingerprint density at radius 3 is 1.72 bits per heavy atom. The van der Waals surface area contributed by atoms with Crippen LogP contribution in [0.15, 0.2) is 4.99 Å². The van der Waals surface area contributed by atoms with E-state index < -0.39 is 111 Å². The molecule has 0 aromatic rings. The molecule has 0 aromatic carbocycles. The number of carbonyl (C=O) groups excluding carboxylic acids is 8. The summed E-state index contributed by atoms with van der Waals surface area (Å²) in [6.45, 7) is -2.08. The van der Waals surface area contributed by atoms with Crippen molar-refractivity contribution in [2.75, 3.05) is 39.3 Å². The van der Waals surface area contributed by atoms with Crippen LogP contribution in [0.2, 0.25) is 0 Å². The highest BCUT2D eigenvalue weighted by molar-refractivity contribution is 5.96. The number of rotatable bonds is 21. The molecule has 0 saturated carbocycles. The van der Waals surface area contributed by atoms with E-state index >= 15 is 0 Å². The fourth-order valence-corrected chi connectivity index (χ4v) is 3.19. The van der Waals surface area contributed by atoms with Gasteiger partial charge in [0.25, 0.3) is 5.91 Å². The van der Waals surface area contributed by atoms with Gasteiger partial charge in [0.15, 0.2) is 5.96 Å². The Balaban J connectivity index is 5.25. The molecule has 0 aliphatic carbocycles. The van der Waals surface area contributed by atoms with Gasteiger partial charge in [-0.05, 0) is 12.8 Å². The fraction of sp³-hybridized carbons (Fsp3) is 0.565. The predicted octanol–water partition coefficient (Wildman–Crippen LogP) is -8.56. The van der Waals surface area contributed by atoms with Gasteiger partial charge in [-0.15, -0.1) is 0 Å². The molecule has 0 aromatic heterocycles. The number of aliphatic hydroxyl groups is 1. The maximum absolute atomic E-state index is 12.7. The van der Waals surface area contributed by atoms with Crippen molar-refractivity contribution in [3.05, 3.63) is 0 Å². The lowest BCUT2D eigenvalue weighted by Crippen LogP contribution is -2.57. The van der Waals surface area contributed by atoms with E-state index in [1.54, 1.807) is 5.43 Å². The minimum Gasteiger partial charge on any atom is -0.481 e. The summed E-state index contributed by atoms with van der Waals surface area (Å²) in [7, 11) is 0. The van der Waals surface area contributed by atoms with Crippen molar-refractivity contribution in [2.45, 2.75) is 44.3 Å². The zero-order valence-electron chi connectivity index (χ0n) is 24.8. The first-order valence-corrected chi connectivity index (χ1v) is 13.4. The number of nitrogens with zero attached hydrogens (tertiary/aromatic N) is 1. The first kappa shape index (κ1) is 40.4. The number of hydrogen-bond acceptors (Lipinski definition) is 12. The summed E-state index contributed by atoms with van der Waals surface area (Å²) in [5, 5.41) is 33.9. The van der Waals surface area contributed by atoms with E-state index in [9.17, 15) is 53.4 Å². The topological polar surface area (TPSA) is 381 Å². The van der Waals surface area contributed by atoms with Gasteiger partial charge < -0.3 is 58.9 Å². The van der Waals surface area contributed by atoms with Gasteiger partial charge in [-0.25, -0.2) is 5.84 Å². The number of carboxylic acid groups (broad SMARTS) is 1. The molecule has 0 radical (unpaired) electrons. The van der Waals surface area contributed by atoms with Crippen LogP contribution in [0, 0.1) is 0 Å². The van der Waals surface area contributed by atoms with Crippen LogP contribution in [-0.2, 0) is 43.2 Å². The van der Waals surface area contributed by atoms with Gasteiger partial charge in [0, 0.05) is 13.5 Å². The third kappa shape index (κ3) is 18.9. The van der Waals surface area contributed by atoms with Crippen LogP contribution in [0.5, 0.6) is 0 Å². The van der Waals surface area contributed by atoms with Crippen molar-refractivity contribution in [1.82, 2.24) is 42.6 Å². The summed E-state index contributed by atoms with van der Waals surface area (Å²) in [6.07, 6.45) is -0.738. The maximum Gasteiger partial charge on any atom is 0.305 e. The predicted molar refractivity (Wildman–Crippen MR) is 155 cm³/mol. The van der Waals surface area contributed by atoms with Gasteiger partial charge >= 0.3 is 5.97 Å². The number of guanidine groups is 1. The molecule has 23 heteroatoms. The van der Waals surface area contributed by atoms with E-state index in [1.165, 1.54) is 6.92 Å². The molecule has 0 heterocycles. The minimum atomic E-state index is -1.78. The van der Waals surface area contributed by atoms with Crippen molar-refractivity contribution >= 4 is 59.2 Å². The lowest BCUT2D eigenvalue weighted by atomic mass is 10.1. The van der Waals surface area contributed by atoms with Crippen LogP contribution in [-0.4, -0.2) is 127 Å². The van der Waals surface area contributed by atoms with Crippen LogP contribution < -0.4 is 60.0 Å². The second kappa shape index (κ2) is 22.0. The zero-order valence-corrected chi connectivity index (χ0v) is 24.8. The van der Waals surface area contributed by atoms with E-state index in [4.69, 9.17) is 17.3 Å². The quantitative estimate of drug-likeness (QED) is 0.0136. The number of carbonyl (C=O) groups is 9. The number of hydrazine groups is 1. The maximum atomic E-state index is 12.7. The first-order chi connectivity index (χ1) is 21.6. The third-order valence-electron chi connectivity index (χ3n) is 5.39. The number of aliphatic imine (C=N–C) groups is 1. The summed E-state index contributed by atoms with van der Waals surface area (Å²) < 4.78 is 0. The molecule has 0 bridgehead atoms. The normalized spacial score (nSPS) is 12.1. The monoisotopic (exact) mass is 660 g/mol. The number of hydrogen-bond donors (Lipinski definition) is 13. The number of nitrogens with two attached hydrogens (primary N) is 3. The summed E-state index contributed by atoms with van der Waals surface area (Å²) in [6, 6.07) is -4.67. The summed E-state index contributed by atoms with van der Waals surface area (Å²) in [5.74, 6) is -3.78. The van der Waals surface area contributed by atoms with Gasteiger partial charge in [0.05, 0.1) is 39.2 Å². The molecule has 8 amide bonds. The third-order valence-corrected chi connectivity index (χ3v) is 5.39. The number of aliphatic carboxylic acids is 1. The molecule has 23 nitrogen and oxygen atoms in total. The van der Waals surface area contributed by atoms with Crippen LogP contribution in [0.25, 0.3) is 0 Å². The highest BCUT2D eigenvalue weighted by Gasteiger charge is 2.29. The Bertz CT molecular complexity index is 1160. The molecule has 46 heavy (non-hydrogen) atoms. The highest BCUT2D eigenvalue weighted by Crippen LogP contribution is 2.00. The lowest BCUT2D eigenvalue weighted by Gasteiger charge is -2.22. The summed E-state index contributed by atoms with van der Waals surface area (Å²) in [4.78, 5) is 111. The Hall–Kier alpha value is -5.58. The van der Waals surface area contributed by atoms with Gasteiger partial charge in [0.2, 0.25) is 41.4 Å². The molecular formula is C23H40N12O11. The van der Waals surface area contributed by atoms with E-state index in [-0.39, 0.29) is 25.3 Å². The molecule has 0 rings (SSSR count). The van der Waals surface area contributed by atoms with Crippen LogP contribution in [0.3, 0.4) is 0 Å². The number of nitrogens with one attached hydrogen (secondary N) is 8. The fourth-order valence-electron chi connectivity index (χ4n) is 3.19. The summed E-state index contributed by atoms with van der Waals surface area (Å²) >= 11 is 0. The SMILES string of the molecule is CC(=O)NCC(=O)N[C@@H](CCCN=C(N)N)C(=O)NCC(=O)N[C@@H](CC(=O)O)C(=O)N[C@@H](CO)C(=O)NCC(=O)NCC(=O)NN. The van der Waals surface area contributed by atoms with Crippen LogP contribution in [0.1, 0.15) is 26.2 Å². The lowest BCUT2D eigenvalue weighted by molar-refractivity contribution is -0.141. The van der Waals surface area contributed by atoms with Crippen LogP contribution in [0.4, 0.5) is 0 Å². The Labute approximate surface area is 261 Å². The van der Waals surface area contributed by atoms with Crippen LogP contribution >= 0.6 is 0 Å². The van der Waals surface area contributed by atoms with Crippen molar-refractivity contribution in [3.63, 3.8) is 0 Å². The Kier molecular flexibility index (Phi) is 19.3. The summed E-state index contributed by atoms with van der Waals surface area (Å²) in [5.41, 5.74) is 12.3. The van der Waals surface area contributed by atoms with E-state index in [2.05, 4.69) is 36.9 Å². The smallest absolute Gasteiger partial charge is 0.305 e. The molecule has 16 N–H and O–H groups in total. The first-order valence-electron chi connectivity index (χ1n) is 13.4. The van der Waals surface area contributed by atoms with Gasteiger partial charge in [-0.2, -0.15) is 0 Å². The van der Waals surface area contributed by atoms with Gasteiger partial charge in [-0.1, -0.05) is 0 Å². The molecule has 0 fully saturated rings. The molecule has 3 atom stereocenters. The molecule has 0 saturated heterocycles. The van der Waals surface area contributed by atoms with Crippen molar-refractivity contribution in [1.29, 1.82) is 0 Å². The van der Waals surface area contributed by atoms with Crippen molar-refractivity contribution in [2.24, 2.45) is 22.3 Å². The zero-order chi connectivity index (χ0) is 35.2. The standard InChI is InChI=1S/C23H40N12O11/c1-11(37)28-7-16(39)32-12(3-2-4-27-23(24)25)20(44)31-8-17(40)33-13(5-19(42)43)22(46)34-14(10-36)21(45)30-6-15(38)29-9-18(41)35-26/h12-14,36H,2-10,26H2,1H3,(H,28,37)(H,29,38)(H,30,45)(H,31,44)(H,32,39)(H,33,40)(H,34,46)(H,35,41)(H,42,43)(H4,24,25,27)/t12-,13-,14-/m0/s1. The molecule has 0 aliphatic rings. The molecule has 258 valence electrons. The second-order valence-electron chi connectivity index (χ2n) is 9.22. The van der Waals surface area contributed by atoms with E-state index in [0.29, 0.717) is 0 Å². The molecule has 0 aliphatic heterocycles. The largest absolute Gasteiger partial charge is 0.481 e. The number of amides is 8. The highest BCUT2D eigenvalue weighted by atomic mass is 16.4. The average molecular weight is 661 g/mol. The Morgan fingerprint density at radius 1 is 0.674 bits per heavy atom.